The number of rotatable bonds is 8. The minimum atomic E-state index is 0.0276. The number of para-hydroxylation sites is 1. The molecule has 0 aliphatic heterocycles. The maximum absolute atomic E-state index is 12.9. The van der Waals surface area contributed by atoms with Gasteiger partial charge in [0.15, 0.2) is 0 Å². The van der Waals surface area contributed by atoms with E-state index in [-0.39, 0.29) is 5.91 Å². The van der Waals surface area contributed by atoms with Gasteiger partial charge in [-0.1, -0.05) is 31.1 Å². The van der Waals surface area contributed by atoms with Crippen molar-refractivity contribution in [1.82, 2.24) is 4.90 Å². The molecule has 1 fully saturated rings. The molecule has 0 saturated heterocycles. The standard InChI is InChI=1S/C18H25NO3/c1-3-12-19(15-8-4-5-9-15)18(20)16-10-6-7-11-17(16)22-14-13-21-2/h3,6-7,10-11,15H,1,4-5,8-9,12-14H2,2H3. The van der Waals surface area contributed by atoms with E-state index in [2.05, 4.69) is 6.58 Å². The molecular formula is C18H25NO3. The van der Waals surface area contributed by atoms with Crippen molar-refractivity contribution in [3.05, 3.63) is 42.5 Å². The van der Waals surface area contributed by atoms with Gasteiger partial charge in [-0.2, -0.15) is 0 Å². The predicted octanol–water partition coefficient (Wildman–Crippen LogP) is 3.28. The highest BCUT2D eigenvalue weighted by atomic mass is 16.5. The second kappa shape index (κ2) is 8.59. The molecule has 4 heteroatoms. The Balaban J connectivity index is 2.16. The van der Waals surface area contributed by atoms with Crippen molar-refractivity contribution in [2.45, 2.75) is 31.7 Å². The first kappa shape index (κ1) is 16.6. The van der Waals surface area contributed by atoms with Crippen LogP contribution < -0.4 is 4.74 Å². The van der Waals surface area contributed by atoms with Crippen LogP contribution in [0.5, 0.6) is 5.75 Å². The van der Waals surface area contributed by atoms with Gasteiger partial charge in [0.05, 0.1) is 12.2 Å². The lowest BCUT2D eigenvalue weighted by Crippen LogP contribution is -2.39. The summed E-state index contributed by atoms with van der Waals surface area (Å²) in [6, 6.07) is 7.74. The number of ether oxygens (including phenoxy) is 2. The zero-order valence-electron chi connectivity index (χ0n) is 13.3. The summed E-state index contributed by atoms with van der Waals surface area (Å²) < 4.78 is 10.7. The fourth-order valence-electron chi connectivity index (χ4n) is 2.91. The van der Waals surface area contributed by atoms with Gasteiger partial charge >= 0.3 is 0 Å². The zero-order chi connectivity index (χ0) is 15.8. The Bertz CT molecular complexity index is 495. The molecule has 0 radical (unpaired) electrons. The van der Waals surface area contributed by atoms with Crippen molar-refractivity contribution in [2.24, 2.45) is 0 Å². The van der Waals surface area contributed by atoms with E-state index in [0.717, 1.165) is 12.8 Å². The molecule has 4 nitrogen and oxygen atoms in total. The molecule has 0 heterocycles. The number of benzene rings is 1. The molecule has 1 aliphatic carbocycles. The molecular weight excluding hydrogens is 278 g/mol. The number of methoxy groups -OCH3 is 1. The largest absolute Gasteiger partial charge is 0.490 e. The topological polar surface area (TPSA) is 38.8 Å². The van der Waals surface area contributed by atoms with Gasteiger partial charge in [-0.15, -0.1) is 6.58 Å². The number of amides is 1. The second-order valence-electron chi connectivity index (χ2n) is 5.52. The summed E-state index contributed by atoms with van der Waals surface area (Å²) in [5.41, 5.74) is 0.618. The van der Waals surface area contributed by atoms with Crippen LogP contribution in [0.25, 0.3) is 0 Å². The maximum Gasteiger partial charge on any atom is 0.258 e. The summed E-state index contributed by atoms with van der Waals surface area (Å²) in [6.45, 7) is 5.31. The first-order chi connectivity index (χ1) is 10.8. The van der Waals surface area contributed by atoms with Gasteiger partial charge in [0.1, 0.15) is 12.4 Å². The SMILES string of the molecule is C=CCN(C(=O)c1ccccc1OCCOC)C1CCCC1. The van der Waals surface area contributed by atoms with Crippen LogP contribution in [0.2, 0.25) is 0 Å². The lowest BCUT2D eigenvalue weighted by molar-refractivity contribution is 0.0699. The van der Waals surface area contributed by atoms with Gasteiger partial charge in [-0.3, -0.25) is 4.79 Å². The third-order valence-corrected chi connectivity index (χ3v) is 4.01. The molecule has 1 aromatic carbocycles. The molecule has 120 valence electrons. The fraction of sp³-hybridized carbons (Fsp3) is 0.500. The number of hydrogen-bond acceptors (Lipinski definition) is 3. The molecule has 1 saturated carbocycles. The Kier molecular flexibility index (Phi) is 6.46. The van der Waals surface area contributed by atoms with Crippen LogP contribution in [0.4, 0.5) is 0 Å². The fourth-order valence-corrected chi connectivity index (χ4v) is 2.91. The minimum absolute atomic E-state index is 0.0276. The van der Waals surface area contributed by atoms with E-state index in [0.29, 0.717) is 37.1 Å². The highest BCUT2D eigenvalue weighted by molar-refractivity contribution is 5.97. The third kappa shape index (κ3) is 4.10. The van der Waals surface area contributed by atoms with Crippen LogP contribution >= 0.6 is 0 Å². The lowest BCUT2D eigenvalue weighted by Gasteiger charge is -2.28. The smallest absolute Gasteiger partial charge is 0.258 e. The molecule has 1 amide bonds. The van der Waals surface area contributed by atoms with E-state index in [1.807, 2.05) is 29.2 Å². The summed E-state index contributed by atoms with van der Waals surface area (Å²) >= 11 is 0. The van der Waals surface area contributed by atoms with Crippen LogP contribution in [0.15, 0.2) is 36.9 Å². The van der Waals surface area contributed by atoms with Crippen LogP contribution in [-0.4, -0.2) is 43.7 Å². The summed E-state index contributed by atoms with van der Waals surface area (Å²) in [7, 11) is 1.63. The number of hydrogen-bond donors (Lipinski definition) is 0. The summed E-state index contributed by atoms with van der Waals surface area (Å²) in [6.07, 6.45) is 6.33. The van der Waals surface area contributed by atoms with Crippen molar-refractivity contribution in [3.8, 4) is 5.75 Å². The Morgan fingerprint density at radius 1 is 1.32 bits per heavy atom. The Morgan fingerprint density at radius 3 is 2.73 bits per heavy atom. The van der Waals surface area contributed by atoms with E-state index in [4.69, 9.17) is 9.47 Å². The van der Waals surface area contributed by atoms with E-state index in [1.54, 1.807) is 13.2 Å². The van der Waals surface area contributed by atoms with Crippen LogP contribution in [0, 0.1) is 0 Å². The maximum atomic E-state index is 12.9. The second-order valence-corrected chi connectivity index (χ2v) is 5.52. The lowest BCUT2D eigenvalue weighted by atomic mass is 10.1. The van der Waals surface area contributed by atoms with Gasteiger partial charge < -0.3 is 14.4 Å². The van der Waals surface area contributed by atoms with E-state index in [9.17, 15) is 4.79 Å². The molecule has 22 heavy (non-hydrogen) atoms. The van der Waals surface area contributed by atoms with Crippen molar-refractivity contribution in [2.75, 3.05) is 26.9 Å². The number of carbonyl (C=O) groups is 1. The zero-order valence-corrected chi connectivity index (χ0v) is 13.3. The monoisotopic (exact) mass is 303 g/mol. The molecule has 0 atom stereocenters. The molecule has 2 rings (SSSR count). The quantitative estimate of drug-likeness (QED) is 0.546. The summed E-state index contributed by atoms with van der Waals surface area (Å²) in [5.74, 6) is 0.649. The highest BCUT2D eigenvalue weighted by Gasteiger charge is 2.28. The number of nitrogens with zero attached hydrogens (tertiary/aromatic N) is 1. The Morgan fingerprint density at radius 2 is 2.05 bits per heavy atom. The van der Waals surface area contributed by atoms with E-state index >= 15 is 0 Å². The van der Waals surface area contributed by atoms with Crippen molar-refractivity contribution < 1.29 is 14.3 Å². The molecule has 0 N–H and O–H groups in total. The summed E-state index contributed by atoms with van der Waals surface area (Å²) in [4.78, 5) is 14.9. The Hall–Kier alpha value is -1.81. The van der Waals surface area contributed by atoms with E-state index in [1.165, 1.54) is 12.8 Å². The first-order valence-corrected chi connectivity index (χ1v) is 7.90. The van der Waals surface area contributed by atoms with Gasteiger partial charge in [-0.05, 0) is 25.0 Å². The highest BCUT2D eigenvalue weighted by Crippen LogP contribution is 2.27. The van der Waals surface area contributed by atoms with Crippen molar-refractivity contribution in [1.29, 1.82) is 0 Å². The third-order valence-electron chi connectivity index (χ3n) is 4.01. The van der Waals surface area contributed by atoms with Gasteiger partial charge in [0.25, 0.3) is 5.91 Å². The van der Waals surface area contributed by atoms with Crippen LogP contribution in [-0.2, 0) is 4.74 Å². The van der Waals surface area contributed by atoms with Gasteiger partial charge in [0, 0.05) is 19.7 Å². The molecule has 0 bridgehead atoms. The average molecular weight is 303 g/mol. The van der Waals surface area contributed by atoms with Gasteiger partial charge in [-0.25, -0.2) is 0 Å². The van der Waals surface area contributed by atoms with Crippen LogP contribution in [0.3, 0.4) is 0 Å². The minimum Gasteiger partial charge on any atom is -0.490 e. The first-order valence-electron chi connectivity index (χ1n) is 7.90. The van der Waals surface area contributed by atoms with Gasteiger partial charge in [0.2, 0.25) is 0 Å². The molecule has 0 unspecified atom stereocenters. The molecule has 0 spiro atoms. The predicted molar refractivity (Wildman–Crippen MR) is 87.3 cm³/mol. The Labute approximate surface area is 132 Å². The van der Waals surface area contributed by atoms with Crippen molar-refractivity contribution >= 4 is 5.91 Å². The van der Waals surface area contributed by atoms with E-state index < -0.39 is 0 Å². The normalized spacial score (nSPS) is 14.8. The molecule has 1 aromatic rings. The molecule has 0 aromatic heterocycles. The van der Waals surface area contributed by atoms with Crippen molar-refractivity contribution in [3.63, 3.8) is 0 Å². The summed E-state index contributed by atoms with van der Waals surface area (Å²) in [5, 5.41) is 0. The molecule has 1 aliphatic rings. The average Bonchev–Trinajstić information content (AvgIpc) is 3.07. The number of carbonyl (C=O) groups excluding carboxylic acids is 1. The van der Waals surface area contributed by atoms with Crippen LogP contribution in [0.1, 0.15) is 36.0 Å².